The maximum atomic E-state index is 12.5. The van der Waals surface area contributed by atoms with Gasteiger partial charge in [0.2, 0.25) is 5.91 Å². The van der Waals surface area contributed by atoms with E-state index >= 15 is 0 Å². The predicted octanol–water partition coefficient (Wildman–Crippen LogP) is 3.96. The lowest BCUT2D eigenvalue weighted by Crippen LogP contribution is -2.38. The molecule has 1 N–H and O–H groups in total. The third-order valence-corrected chi connectivity index (χ3v) is 4.59. The summed E-state index contributed by atoms with van der Waals surface area (Å²) in [6, 6.07) is 6.59. The second-order valence-electron chi connectivity index (χ2n) is 5.85. The number of nitrogens with one attached hydrogen (secondary N) is 1. The number of rotatable bonds is 6. The Labute approximate surface area is 155 Å². The summed E-state index contributed by atoms with van der Waals surface area (Å²) in [4.78, 5) is 26.2. The first-order valence-electron chi connectivity index (χ1n) is 7.99. The highest BCUT2D eigenvalue weighted by Gasteiger charge is 2.30. The number of nitrogens with zero attached hydrogens (tertiary/aromatic N) is 2. The van der Waals surface area contributed by atoms with Gasteiger partial charge < -0.3 is 14.7 Å². The molecule has 1 aliphatic carbocycles. The molecule has 25 heavy (non-hydrogen) atoms. The number of benzene rings is 1. The second-order valence-corrected chi connectivity index (χ2v) is 6.67. The summed E-state index contributed by atoms with van der Waals surface area (Å²) in [5.74, 6) is 0.358. The fourth-order valence-electron chi connectivity index (χ4n) is 2.41. The zero-order valence-corrected chi connectivity index (χ0v) is 15.1. The molecule has 0 atom stereocenters. The first-order valence-corrected chi connectivity index (χ1v) is 8.75. The van der Waals surface area contributed by atoms with Gasteiger partial charge in [0.25, 0.3) is 5.91 Å². The molecule has 0 unspecified atom stereocenters. The Kier molecular flexibility index (Phi) is 5.30. The number of halogens is 2. The quantitative estimate of drug-likeness (QED) is 0.821. The number of carbonyl (C=O) groups is 2. The molecule has 3 rings (SSSR count). The van der Waals surface area contributed by atoms with Crippen LogP contribution in [0.3, 0.4) is 0 Å². The van der Waals surface area contributed by atoms with Crippen LogP contribution in [0, 0.1) is 0 Å². The lowest BCUT2D eigenvalue weighted by atomic mass is 10.2. The van der Waals surface area contributed by atoms with Gasteiger partial charge in [0.05, 0.1) is 15.7 Å². The van der Waals surface area contributed by atoms with Crippen LogP contribution in [0.2, 0.25) is 10.0 Å². The van der Waals surface area contributed by atoms with E-state index in [1.54, 1.807) is 31.2 Å². The fraction of sp³-hybridized carbons (Fsp3) is 0.353. The van der Waals surface area contributed by atoms with Gasteiger partial charge in [0.15, 0.2) is 5.69 Å². The molecular formula is C17H17Cl2N3O3. The molecule has 1 aromatic heterocycles. The third kappa shape index (κ3) is 4.14. The van der Waals surface area contributed by atoms with Crippen molar-refractivity contribution in [2.45, 2.75) is 25.7 Å². The van der Waals surface area contributed by atoms with Crippen LogP contribution in [-0.4, -0.2) is 35.0 Å². The van der Waals surface area contributed by atoms with E-state index in [1.165, 1.54) is 4.90 Å². The largest absolute Gasteiger partial charge is 0.360 e. The molecule has 1 aromatic carbocycles. The third-order valence-electron chi connectivity index (χ3n) is 3.96. The molecule has 0 bridgehead atoms. The van der Waals surface area contributed by atoms with Gasteiger partial charge in [-0.1, -0.05) is 34.4 Å². The molecular weight excluding hydrogens is 365 g/mol. The summed E-state index contributed by atoms with van der Waals surface area (Å²) in [6.45, 7) is 2.01. The monoisotopic (exact) mass is 381 g/mol. The molecule has 6 nitrogen and oxygen atoms in total. The van der Waals surface area contributed by atoms with Crippen molar-refractivity contribution in [3.63, 3.8) is 0 Å². The first-order chi connectivity index (χ1) is 12.0. The number of para-hydroxylation sites is 1. The molecule has 1 saturated carbocycles. The van der Waals surface area contributed by atoms with E-state index in [0.29, 0.717) is 28.2 Å². The molecule has 8 heteroatoms. The first kappa shape index (κ1) is 17.8. The van der Waals surface area contributed by atoms with E-state index in [1.807, 2.05) is 0 Å². The molecule has 132 valence electrons. The minimum atomic E-state index is -0.392. The Morgan fingerprint density at radius 1 is 1.32 bits per heavy atom. The topological polar surface area (TPSA) is 75.4 Å². The van der Waals surface area contributed by atoms with Gasteiger partial charge in [-0.25, -0.2) is 0 Å². The summed E-state index contributed by atoms with van der Waals surface area (Å²) in [5, 5.41) is 7.14. The highest BCUT2D eigenvalue weighted by molar-refractivity contribution is 6.39. The normalized spacial score (nSPS) is 13.6. The zero-order valence-electron chi connectivity index (χ0n) is 13.6. The van der Waals surface area contributed by atoms with Crippen molar-refractivity contribution in [2.24, 2.45) is 0 Å². The standard InChI is InChI=1S/C17H17Cl2N3O3/c1-2-22(17(24)13-8-14(25-21-13)10-6-7-10)9-15(23)20-16-11(18)4-3-5-12(16)19/h3-5,8,10H,2,6-7,9H2,1H3,(H,20,23). The lowest BCUT2D eigenvalue weighted by Gasteiger charge is -2.19. The molecule has 0 saturated heterocycles. The molecule has 0 radical (unpaired) electrons. The van der Waals surface area contributed by atoms with E-state index in [4.69, 9.17) is 27.7 Å². The lowest BCUT2D eigenvalue weighted by molar-refractivity contribution is -0.116. The summed E-state index contributed by atoms with van der Waals surface area (Å²) in [6.07, 6.45) is 2.11. The minimum Gasteiger partial charge on any atom is -0.360 e. The van der Waals surface area contributed by atoms with Gasteiger partial charge in [0.1, 0.15) is 12.3 Å². The fourth-order valence-corrected chi connectivity index (χ4v) is 2.90. The average Bonchev–Trinajstić information content (AvgIpc) is 3.32. The second kappa shape index (κ2) is 7.45. The van der Waals surface area contributed by atoms with Crippen LogP contribution in [-0.2, 0) is 4.79 Å². The van der Waals surface area contributed by atoms with Gasteiger partial charge in [0, 0.05) is 18.5 Å². The van der Waals surface area contributed by atoms with E-state index in [9.17, 15) is 9.59 Å². The van der Waals surface area contributed by atoms with Gasteiger partial charge in [-0.3, -0.25) is 9.59 Å². The van der Waals surface area contributed by atoms with Gasteiger partial charge >= 0.3 is 0 Å². The number of carbonyl (C=O) groups excluding carboxylic acids is 2. The number of hydrogen-bond acceptors (Lipinski definition) is 4. The molecule has 0 spiro atoms. The van der Waals surface area contributed by atoms with Crippen molar-refractivity contribution in [1.82, 2.24) is 10.1 Å². The number of aromatic nitrogens is 1. The highest BCUT2D eigenvalue weighted by atomic mass is 35.5. The molecule has 2 aromatic rings. The Hall–Kier alpha value is -2.05. The van der Waals surface area contributed by atoms with Gasteiger partial charge in [-0.2, -0.15) is 0 Å². The van der Waals surface area contributed by atoms with Crippen LogP contribution in [0.25, 0.3) is 0 Å². The number of likely N-dealkylation sites (N-methyl/N-ethyl adjacent to an activating group) is 1. The predicted molar refractivity (Wildman–Crippen MR) is 95.1 cm³/mol. The Morgan fingerprint density at radius 3 is 2.60 bits per heavy atom. The highest BCUT2D eigenvalue weighted by Crippen LogP contribution is 2.40. The van der Waals surface area contributed by atoms with Crippen molar-refractivity contribution in [3.05, 3.63) is 45.8 Å². The summed E-state index contributed by atoms with van der Waals surface area (Å²) in [5.41, 5.74) is 0.545. The van der Waals surface area contributed by atoms with Crippen LogP contribution in [0.15, 0.2) is 28.8 Å². The summed E-state index contributed by atoms with van der Waals surface area (Å²) >= 11 is 12.1. The minimum absolute atomic E-state index is 0.136. The SMILES string of the molecule is CCN(CC(=O)Nc1c(Cl)cccc1Cl)C(=O)c1cc(C2CC2)on1. The smallest absolute Gasteiger partial charge is 0.276 e. The van der Waals surface area contributed by atoms with Gasteiger partial charge in [-0.15, -0.1) is 0 Å². The van der Waals surface area contributed by atoms with Crippen molar-refractivity contribution in [1.29, 1.82) is 0 Å². The maximum absolute atomic E-state index is 12.5. The zero-order chi connectivity index (χ0) is 18.0. The number of hydrogen-bond donors (Lipinski definition) is 1. The molecule has 0 aliphatic heterocycles. The van der Waals surface area contributed by atoms with Crippen LogP contribution in [0.1, 0.15) is 41.9 Å². The molecule has 1 fully saturated rings. The van der Waals surface area contributed by atoms with E-state index in [-0.39, 0.29) is 18.1 Å². The summed E-state index contributed by atoms with van der Waals surface area (Å²) < 4.78 is 5.20. The van der Waals surface area contributed by atoms with Crippen LogP contribution in [0.4, 0.5) is 5.69 Å². The van der Waals surface area contributed by atoms with Crippen molar-refractivity contribution >= 4 is 40.7 Å². The molecule has 1 heterocycles. The average molecular weight is 382 g/mol. The Bertz CT molecular complexity index is 782. The van der Waals surface area contributed by atoms with Crippen molar-refractivity contribution in [2.75, 3.05) is 18.4 Å². The van der Waals surface area contributed by atoms with E-state index in [0.717, 1.165) is 18.6 Å². The number of anilines is 1. The van der Waals surface area contributed by atoms with Crippen molar-refractivity contribution in [3.8, 4) is 0 Å². The number of amides is 2. The molecule has 2 amide bonds. The van der Waals surface area contributed by atoms with Gasteiger partial charge in [-0.05, 0) is 31.9 Å². The summed E-state index contributed by atoms with van der Waals surface area (Å²) in [7, 11) is 0. The van der Waals surface area contributed by atoms with Crippen LogP contribution < -0.4 is 5.32 Å². The van der Waals surface area contributed by atoms with Crippen LogP contribution in [0.5, 0.6) is 0 Å². The van der Waals surface area contributed by atoms with Crippen LogP contribution >= 0.6 is 23.2 Å². The van der Waals surface area contributed by atoms with E-state index < -0.39 is 5.91 Å². The Balaban J connectivity index is 1.66. The molecule has 1 aliphatic rings. The Morgan fingerprint density at radius 2 is 2.00 bits per heavy atom. The van der Waals surface area contributed by atoms with E-state index in [2.05, 4.69) is 10.5 Å². The van der Waals surface area contributed by atoms with Crippen molar-refractivity contribution < 1.29 is 14.1 Å². The maximum Gasteiger partial charge on any atom is 0.276 e.